The van der Waals surface area contributed by atoms with Crippen molar-refractivity contribution >= 4 is 33.7 Å². The number of nitro benzene ring substituents is 2. The van der Waals surface area contributed by atoms with Crippen LogP contribution in [-0.4, -0.2) is 20.9 Å². The zero-order valence-electron chi connectivity index (χ0n) is 13.1. The molecule has 2 N–H and O–H groups in total. The van der Waals surface area contributed by atoms with Gasteiger partial charge in [-0.2, -0.15) is 0 Å². The summed E-state index contributed by atoms with van der Waals surface area (Å²) in [4.78, 5) is 32.6. The van der Waals surface area contributed by atoms with Crippen LogP contribution in [0, 0.1) is 20.2 Å². The molecule has 9 heteroatoms. The maximum atomic E-state index is 12.5. The van der Waals surface area contributed by atoms with Crippen molar-refractivity contribution in [1.29, 1.82) is 0 Å². The van der Waals surface area contributed by atoms with Crippen LogP contribution < -0.4 is 5.32 Å². The third-order valence-electron chi connectivity index (χ3n) is 3.76. The number of benzene rings is 3. The maximum absolute atomic E-state index is 12.5. The molecule has 0 fully saturated rings. The lowest BCUT2D eigenvalue weighted by Gasteiger charge is -2.10. The van der Waals surface area contributed by atoms with Gasteiger partial charge >= 0.3 is 5.69 Å². The van der Waals surface area contributed by atoms with Crippen LogP contribution in [0.15, 0.2) is 54.6 Å². The summed E-state index contributed by atoms with van der Waals surface area (Å²) in [6.45, 7) is 0. The summed E-state index contributed by atoms with van der Waals surface area (Å²) in [6.07, 6.45) is 0. The second kappa shape index (κ2) is 6.48. The van der Waals surface area contributed by atoms with E-state index in [1.165, 1.54) is 0 Å². The molecule has 3 rings (SSSR count). The summed E-state index contributed by atoms with van der Waals surface area (Å²) >= 11 is 0. The van der Waals surface area contributed by atoms with Crippen molar-refractivity contribution in [2.75, 3.05) is 5.32 Å². The molecule has 3 aromatic rings. The number of fused-ring (bicyclic) bond motifs is 1. The van der Waals surface area contributed by atoms with Gasteiger partial charge in [0, 0.05) is 17.1 Å². The number of anilines is 1. The van der Waals surface area contributed by atoms with Crippen LogP contribution in [0.3, 0.4) is 0 Å². The molecule has 0 bridgehead atoms. The third kappa shape index (κ3) is 3.00. The number of phenolic OH excluding ortho intramolecular Hbond substituents is 1. The first-order valence-corrected chi connectivity index (χ1v) is 7.33. The molecule has 0 saturated heterocycles. The van der Waals surface area contributed by atoms with E-state index >= 15 is 0 Å². The maximum Gasteiger partial charge on any atom is 0.318 e. The van der Waals surface area contributed by atoms with E-state index < -0.39 is 38.4 Å². The van der Waals surface area contributed by atoms with E-state index in [0.717, 1.165) is 11.5 Å². The quantitative estimate of drug-likeness (QED) is 0.543. The topological polar surface area (TPSA) is 136 Å². The Labute approximate surface area is 145 Å². The molecule has 3 aromatic carbocycles. The molecule has 9 nitrogen and oxygen atoms in total. The summed E-state index contributed by atoms with van der Waals surface area (Å²) in [5.41, 5.74) is -1.74. The van der Waals surface area contributed by atoms with Gasteiger partial charge in [0.15, 0.2) is 0 Å². The first-order valence-electron chi connectivity index (χ1n) is 7.33. The third-order valence-corrected chi connectivity index (χ3v) is 3.76. The summed E-state index contributed by atoms with van der Waals surface area (Å²) in [7, 11) is 0. The van der Waals surface area contributed by atoms with Crippen molar-refractivity contribution in [2.24, 2.45) is 0 Å². The summed E-state index contributed by atoms with van der Waals surface area (Å²) in [5.74, 6) is -1.83. The molecular formula is C17H11N3O6. The van der Waals surface area contributed by atoms with Crippen molar-refractivity contribution in [2.45, 2.75) is 0 Å². The van der Waals surface area contributed by atoms with Crippen LogP contribution in [-0.2, 0) is 0 Å². The zero-order valence-corrected chi connectivity index (χ0v) is 13.1. The molecule has 26 heavy (non-hydrogen) atoms. The minimum atomic E-state index is -0.989. The van der Waals surface area contributed by atoms with E-state index in [0.29, 0.717) is 17.1 Å². The number of aromatic hydroxyl groups is 1. The molecule has 130 valence electrons. The molecule has 0 aliphatic carbocycles. The highest BCUT2D eigenvalue weighted by Gasteiger charge is 2.27. The smallest absolute Gasteiger partial charge is 0.318 e. The lowest BCUT2D eigenvalue weighted by molar-refractivity contribution is -0.394. The predicted octanol–water partition coefficient (Wildman–Crippen LogP) is 3.61. The number of non-ortho nitro benzene ring substituents is 1. The summed E-state index contributed by atoms with van der Waals surface area (Å²) < 4.78 is 0. The van der Waals surface area contributed by atoms with Crippen LogP contribution >= 0.6 is 0 Å². The molecule has 0 saturated carbocycles. The average molecular weight is 353 g/mol. The van der Waals surface area contributed by atoms with Crippen LogP contribution in [0.5, 0.6) is 5.75 Å². The number of hydrogen-bond donors (Lipinski definition) is 2. The molecule has 0 heterocycles. The Bertz CT molecular complexity index is 1060. The Morgan fingerprint density at radius 3 is 2.35 bits per heavy atom. The molecule has 0 aliphatic heterocycles. The van der Waals surface area contributed by atoms with Crippen molar-refractivity contribution in [1.82, 2.24) is 0 Å². The number of phenols is 1. The average Bonchev–Trinajstić information content (AvgIpc) is 2.61. The monoisotopic (exact) mass is 353 g/mol. The highest BCUT2D eigenvalue weighted by molar-refractivity contribution is 6.11. The van der Waals surface area contributed by atoms with E-state index in [1.807, 2.05) is 18.2 Å². The number of amides is 1. The van der Waals surface area contributed by atoms with Gasteiger partial charge < -0.3 is 10.4 Å². The minimum absolute atomic E-state index is 0.404. The summed E-state index contributed by atoms with van der Waals surface area (Å²) in [6, 6.07) is 13.7. The molecule has 0 unspecified atom stereocenters. The Morgan fingerprint density at radius 1 is 0.962 bits per heavy atom. The van der Waals surface area contributed by atoms with Gasteiger partial charge in [-0.25, -0.2) is 0 Å². The lowest BCUT2D eigenvalue weighted by atomic mass is 10.1. The van der Waals surface area contributed by atoms with Gasteiger partial charge in [0.25, 0.3) is 11.6 Å². The number of rotatable bonds is 4. The number of nitro groups is 2. The van der Waals surface area contributed by atoms with Gasteiger partial charge in [0.1, 0.15) is 0 Å². The second-order valence-corrected chi connectivity index (χ2v) is 5.36. The summed E-state index contributed by atoms with van der Waals surface area (Å²) in [5, 5.41) is 36.1. The number of carbonyl (C=O) groups is 1. The van der Waals surface area contributed by atoms with Gasteiger partial charge in [-0.15, -0.1) is 0 Å². The number of carbonyl (C=O) groups excluding carboxylic acids is 1. The van der Waals surface area contributed by atoms with E-state index in [-0.39, 0.29) is 0 Å². The number of nitrogens with zero attached hydrogens (tertiary/aromatic N) is 2. The van der Waals surface area contributed by atoms with Gasteiger partial charge in [-0.3, -0.25) is 25.0 Å². The zero-order chi connectivity index (χ0) is 18.8. The van der Waals surface area contributed by atoms with Crippen molar-refractivity contribution in [3.8, 4) is 5.75 Å². The molecule has 0 aromatic heterocycles. The predicted molar refractivity (Wildman–Crippen MR) is 93.3 cm³/mol. The Hall–Kier alpha value is -4.01. The molecule has 0 spiro atoms. The highest BCUT2D eigenvalue weighted by Crippen LogP contribution is 2.35. The fourth-order valence-corrected chi connectivity index (χ4v) is 2.55. The SMILES string of the molecule is O=C(Nc1cccc2ccccc12)c1cc([N+](=O)[O-])cc([N+](=O)[O-])c1O. The van der Waals surface area contributed by atoms with E-state index in [1.54, 1.807) is 24.3 Å². The molecule has 0 atom stereocenters. The molecule has 1 amide bonds. The Balaban J connectivity index is 2.07. The largest absolute Gasteiger partial charge is 0.502 e. The van der Waals surface area contributed by atoms with Gasteiger partial charge in [0.2, 0.25) is 5.75 Å². The second-order valence-electron chi connectivity index (χ2n) is 5.36. The first-order chi connectivity index (χ1) is 12.4. The van der Waals surface area contributed by atoms with Crippen LogP contribution in [0.25, 0.3) is 10.8 Å². The highest BCUT2D eigenvalue weighted by atomic mass is 16.6. The van der Waals surface area contributed by atoms with E-state index in [4.69, 9.17) is 0 Å². The number of hydrogen-bond acceptors (Lipinski definition) is 6. The Morgan fingerprint density at radius 2 is 1.65 bits per heavy atom. The Kier molecular flexibility index (Phi) is 4.19. The minimum Gasteiger partial charge on any atom is -0.502 e. The molecular weight excluding hydrogens is 342 g/mol. The normalized spacial score (nSPS) is 10.5. The fourth-order valence-electron chi connectivity index (χ4n) is 2.55. The van der Waals surface area contributed by atoms with Gasteiger partial charge in [-0.1, -0.05) is 36.4 Å². The number of nitrogens with one attached hydrogen (secondary N) is 1. The van der Waals surface area contributed by atoms with Crippen molar-refractivity contribution in [3.63, 3.8) is 0 Å². The fraction of sp³-hybridized carbons (Fsp3) is 0. The van der Waals surface area contributed by atoms with Crippen LogP contribution in [0.2, 0.25) is 0 Å². The molecule has 0 radical (unpaired) electrons. The van der Waals surface area contributed by atoms with E-state index in [2.05, 4.69) is 5.32 Å². The van der Waals surface area contributed by atoms with Gasteiger partial charge in [-0.05, 0) is 11.5 Å². The standard InChI is InChI=1S/C17H11N3O6/c21-16-13(8-11(19(23)24)9-15(16)20(25)26)17(22)18-14-7-3-5-10-4-1-2-6-12(10)14/h1-9,21H,(H,18,22). The van der Waals surface area contributed by atoms with Crippen molar-refractivity contribution in [3.05, 3.63) is 80.4 Å². The lowest BCUT2D eigenvalue weighted by Crippen LogP contribution is -2.13. The van der Waals surface area contributed by atoms with Crippen LogP contribution in [0.4, 0.5) is 17.1 Å². The van der Waals surface area contributed by atoms with E-state index in [9.17, 15) is 30.1 Å². The van der Waals surface area contributed by atoms with Crippen molar-refractivity contribution < 1.29 is 19.7 Å². The van der Waals surface area contributed by atoms with Crippen LogP contribution in [0.1, 0.15) is 10.4 Å². The first kappa shape index (κ1) is 16.8. The molecule has 0 aliphatic rings. The van der Waals surface area contributed by atoms with Gasteiger partial charge in [0.05, 0.1) is 21.5 Å².